The van der Waals surface area contributed by atoms with E-state index < -0.39 is 6.10 Å². The quantitative estimate of drug-likeness (QED) is 0.883. The van der Waals surface area contributed by atoms with Gasteiger partial charge >= 0.3 is 0 Å². The number of aliphatic hydroxyl groups is 1. The van der Waals surface area contributed by atoms with Crippen molar-refractivity contribution in [3.05, 3.63) is 28.8 Å². The molecule has 0 bridgehead atoms. The summed E-state index contributed by atoms with van der Waals surface area (Å²) in [5, 5.41) is 10.1. The minimum atomic E-state index is -0.663. The molecule has 0 radical (unpaired) electrons. The Labute approximate surface area is 110 Å². The lowest BCUT2D eigenvalue weighted by Crippen LogP contribution is -2.15. The van der Waals surface area contributed by atoms with Crippen molar-refractivity contribution in [2.45, 2.75) is 18.6 Å². The first-order valence-electron chi connectivity index (χ1n) is 5.62. The summed E-state index contributed by atoms with van der Waals surface area (Å²) in [6.07, 6.45) is 0.653. The Kier molecular flexibility index (Phi) is 4.56. The lowest BCUT2D eigenvalue weighted by atomic mass is 10.1. The average Bonchev–Trinajstić information content (AvgIpc) is 2.83. The monoisotopic (exact) mass is 273 g/mol. The Hall–Kier alpha value is -0.420. The largest absolute Gasteiger partial charge is 0.488 e. The molecule has 1 aliphatic rings. The first-order valence-corrected chi connectivity index (χ1v) is 7.16. The molecule has 2 rings (SSSR count). The third-order valence-electron chi connectivity index (χ3n) is 2.75. The molecule has 3 N–H and O–H groups in total. The van der Waals surface area contributed by atoms with Crippen molar-refractivity contribution in [2.24, 2.45) is 5.73 Å². The molecule has 0 spiro atoms. The van der Waals surface area contributed by atoms with Crippen molar-refractivity contribution in [3.8, 4) is 5.75 Å². The van der Waals surface area contributed by atoms with Gasteiger partial charge in [0.1, 0.15) is 11.9 Å². The number of benzene rings is 1. The van der Waals surface area contributed by atoms with E-state index >= 15 is 0 Å². The minimum absolute atomic E-state index is 0.190. The van der Waals surface area contributed by atoms with Crippen LogP contribution in [0.3, 0.4) is 0 Å². The highest BCUT2D eigenvalue weighted by Crippen LogP contribution is 2.31. The van der Waals surface area contributed by atoms with E-state index in [1.807, 2.05) is 11.8 Å². The topological polar surface area (TPSA) is 55.5 Å². The lowest BCUT2D eigenvalue weighted by Gasteiger charge is -2.15. The van der Waals surface area contributed by atoms with Crippen molar-refractivity contribution in [1.29, 1.82) is 0 Å². The minimum Gasteiger partial charge on any atom is -0.488 e. The molecule has 17 heavy (non-hydrogen) atoms. The number of ether oxygens (including phenoxy) is 1. The molecule has 1 aromatic rings. The van der Waals surface area contributed by atoms with Gasteiger partial charge in [0.05, 0.1) is 11.1 Å². The van der Waals surface area contributed by atoms with Gasteiger partial charge in [-0.3, -0.25) is 0 Å². The fraction of sp³-hybridized carbons (Fsp3) is 0.500. The summed E-state index contributed by atoms with van der Waals surface area (Å²) in [5.41, 5.74) is 6.12. The fourth-order valence-corrected chi connectivity index (χ4v) is 3.07. The molecule has 1 aromatic carbocycles. The summed E-state index contributed by atoms with van der Waals surface area (Å²) < 4.78 is 5.81. The van der Waals surface area contributed by atoms with Crippen molar-refractivity contribution in [2.75, 3.05) is 18.1 Å². The molecule has 1 aliphatic heterocycles. The van der Waals surface area contributed by atoms with E-state index in [0.717, 1.165) is 23.5 Å². The molecule has 1 fully saturated rings. The molecule has 1 saturated heterocycles. The molecule has 5 heteroatoms. The molecule has 0 aromatic heterocycles. The van der Waals surface area contributed by atoms with Crippen LogP contribution in [0.15, 0.2) is 18.2 Å². The van der Waals surface area contributed by atoms with Gasteiger partial charge in [0.15, 0.2) is 0 Å². The normalized spacial score (nSPS) is 21.5. The van der Waals surface area contributed by atoms with E-state index in [4.69, 9.17) is 22.1 Å². The first kappa shape index (κ1) is 13.0. The summed E-state index contributed by atoms with van der Waals surface area (Å²) in [7, 11) is 0. The van der Waals surface area contributed by atoms with Crippen LogP contribution in [0.5, 0.6) is 5.75 Å². The molecular formula is C12H16ClNO2S. The zero-order chi connectivity index (χ0) is 12.3. The maximum Gasteiger partial charge on any atom is 0.138 e. The lowest BCUT2D eigenvalue weighted by molar-refractivity contribution is 0.186. The molecule has 3 nitrogen and oxygen atoms in total. The molecule has 0 aliphatic carbocycles. The van der Waals surface area contributed by atoms with Crippen LogP contribution >= 0.6 is 23.4 Å². The van der Waals surface area contributed by atoms with Crippen LogP contribution in [0, 0.1) is 0 Å². The van der Waals surface area contributed by atoms with Gasteiger partial charge < -0.3 is 15.6 Å². The van der Waals surface area contributed by atoms with Gasteiger partial charge in [0, 0.05) is 12.3 Å². The van der Waals surface area contributed by atoms with Crippen LogP contribution in [0.1, 0.15) is 18.1 Å². The average molecular weight is 274 g/mol. The predicted molar refractivity (Wildman–Crippen MR) is 71.8 cm³/mol. The van der Waals surface area contributed by atoms with Crippen LogP contribution < -0.4 is 10.5 Å². The summed E-state index contributed by atoms with van der Waals surface area (Å²) >= 11 is 8.02. The second kappa shape index (κ2) is 5.96. The molecule has 0 saturated carbocycles. The Morgan fingerprint density at radius 1 is 1.59 bits per heavy atom. The number of halogens is 1. The van der Waals surface area contributed by atoms with E-state index in [1.165, 1.54) is 0 Å². The van der Waals surface area contributed by atoms with Crippen LogP contribution in [0.2, 0.25) is 5.02 Å². The highest BCUT2D eigenvalue weighted by atomic mass is 35.5. The first-order chi connectivity index (χ1) is 8.20. The number of thioether (sulfide) groups is 1. The van der Waals surface area contributed by atoms with Crippen LogP contribution in [0.4, 0.5) is 0 Å². The molecular weight excluding hydrogens is 258 g/mol. The van der Waals surface area contributed by atoms with Gasteiger partial charge in [0.2, 0.25) is 0 Å². The van der Waals surface area contributed by atoms with Crippen molar-refractivity contribution in [1.82, 2.24) is 0 Å². The zero-order valence-corrected chi connectivity index (χ0v) is 11.0. The van der Waals surface area contributed by atoms with Crippen LogP contribution in [0.25, 0.3) is 0 Å². The Balaban J connectivity index is 2.08. The van der Waals surface area contributed by atoms with Crippen molar-refractivity contribution in [3.63, 3.8) is 0 Å². The maximum absolute atomic E-state index is 9.60. The van der Waals surface area contributed by atoms with Gasteiger partial charge in [-0.25, -0.2) is 0 Å². The Morgan fingerprint density at radius 2 is 2.41 bits per heavy atom. The van der Waals surface area contributed by atoms with Gasteiger partial charge in [-0.15, -0.1) is 0 Å². The van der Waals surface area contributed by atoms with Gasteiger partial charge in [-0.1, -0.05) is 17.7 Å². The summed E-state index contributed by atoms with van der Waals surface area (Å²) in [6, 6.07) is 5.33. The van der Waals surface area contributed by atoms with Crippen LogP contribution in [-0.4, -0.2) is 29.3 Å². The third-order valence-corrected chi connectivity index (χ3v) is 4.17. The number of rotatable bonds is 4. The Bertz CT molecular complexity index is 383. The van der Waals surface area contributed by atoms with E-state index in [9.17, 15) is 5.11 Å². The zero-order valence-electron chi connectivity index (χ0n) is 9.43. The summed E-state index contributed by atoms with van der Waals surface area (Å²) in [4.78, 5) is 0. The highest BCUT2D eigenvalue weighted by Gasteiger charge is 2.18. The van der Waals surface area contributed by atoms with E-state index in [-0.39, 0.29) is 12.6 Å². The molecule has 1 heterocycles. The number of hydrogen-bond donors (Lipinski definition) is 2. The smallest absolute Gasteiger partial charge is 0.138 e. The number of aliphatic hydroxyl groups excluding tert-OH is 1. The standard InChI is InChI=1S/C12H16ClNO2S/c13-10-5-8(11(15)6-14)1-2-12(10)16-9-3-4-17-7-9/h1-2,5,9,11,15H,3-4,6-7,14H2. The maximum atomic E-state index is 9.60. The van der Waals surface area contributed by atoms with E-state index in [2.05, 4.69) is 0 Å². The van der Waals surface area contributed by atoms with E-state index in [1.54, 1.807) is 18.2 Å². The van der Waals surface area contributed by atoms with Gasteiger partial charge in [-0.05, 0) is 29.9 Å². The summed E-state index contributed by atoms with van der Waals surface area (Å²) in [5.74, 6) is 2.85. The van der Waals surface area contributed by atoms with Crippen LogP contribution in [-0.2, 0) is 0 Å². The molecule has 2 unspecified atom stereocenters. The SMILES string of the molecule is NCC(O)c1ccc(OC2CCSC2)c(Cl)c1. The summed E-state index contributed by atoms with van der Waals surface area (Å²) in [6.45, 7) is 0.190. The highest BCUT2D eigenvalue weighted by molar-refractivity contribution is 7.99. The second-order valence-corrected chi connectivity index (χ2v) is 5.60. The molecule has 94 valence electrons. The number of nitrogens with two attached hydrogens (primary N) is 1. The molecule has 0 amide bonds. The second-order valence-electron chi connectivity index (χ2n) is 4.04. The fourth-order valence-electron chi connectivity index (χ4n) is 1.74. The molecule has 2 atom stereocenters. The predicted octanol–water partition coefficient (Wildman–Crippen LogP) is 2.22. The Morgan fingerprint density at radius 3 is 3.00 bits per heavy atom. The van der Waals surface area contributed by atoms with Gasteiger partial charge in [-0.2, -0.15) is 11.8 Å². The van der Waals surface area contributed by atoms with Crippen molar-refractivity contribution >= 4 is 23.4 Å². The number of hydrogen-bond acceptors (Lipinski definition) is 4. The third kappa shape index (κ3) is 3.28. The van der Waals surface area contributed by atoms with E-state index in [0.29, 0.717) is 10.8 Å². The van der Waals surface area contributed by atoms with Crippen molar-refractivity contribution < 1.29 is 9.84 Å². The van der Waals surface area contributed by atoms with Gasteiger partial charge in [0.25, 0.3) is 0 Å².